The second-order valence-electron chi connectivity index (χ2n) is 1.63. The fourth-order valence-corrected chi connectivity index (χ4v) is 1.59. The maximum absolute atomic E-state index is 6.91. The molecule has 0 aliphatic heterocycles. The molecule has 3 nitrogen and oxygen atoms in total. The first-order chi connectivity index (χ1) is 4.79. The van der Waals surface area contributed by atoms with Crippen molar-refractivity contribution in [1.82, 2.24) is 4.98 Å². The number of nitrogens with zero attached hydrogens (tertiary/aromatic N) is 1. The molecule has 0 saturated heterocycles. The van der Waals surface area contributed by atoms with Gasteiger partial charge in [-0.25, -0.2) is 4.98 Å². The molecule has 1 aromatic heterocycles. The highest BCUT2D eigenvalue weighted by atomic mass is 32.2. The average Bonchev–Trinajstić information content (AvgIpc) is 2.34. The van der Waals surface area contributed by atoms with Gasteiger partial charge in [0, 0.05) is 11.1 Å². The van der Waals surface area contributed by atoms with E-state index in [1.165, 1.54) is 11.8 Å². The Hall–Kier alpha value is -0.550. The van der Waals surface area contributed by atoms with Crippen molar-refractivity contribution in [1.29, 1.82) is 5.41 Å². The summed E-state index contributed by atoms with van der Waals surface area (Å²) in [7, 11) is 0. The largest absolute Gasteiger partial charge is 0.379 e. The Morgan fingerprint density at radius 3 is 3.20 bits per heavy atom. The Bertz CT molecular complexity index is 207. The minimum Gasteiger partial charge on any atom is -0.379 e. The van der Waals surface area contributed by atoms with Crippen molar-refractivity contribution in [3.05, 3.63) is 16.6 Å². The summed E-state index contributed by atoms with van der Waals surface area (Å²) < 4.78 is 0. The highest BCUT2D eigenvalue weighted by molar-refractivity contribution is 8.13. The topological polar surface area (TPSA) is 62.8 Å². The molecule has 0 spiro atoms. The fourth-order valence-electron chi connectivity index (χ4n) is 0.461. The van der Waals surface area contributed by atoms with E-state index in [2.05, 4.69) is 4.98 Å². The molecule has 0 unspecified atom stereocenters. The van der Waals surface area contributed by atoms with Gasteiger partial charge in [-0.15, -0.1) is 11.3 Å². The molecule has 0 amide bonds. The molecule has 3 N–H and O–H groups in total. The van der Waals surface area contributed by atoms with E-state index in [1.54, 1.807) is 16.8 Å². The van der Waals surface area contributed by atoms with E-state index in [4.69, 9.17) is 11.1 Å². The number of hydrogen-bond donors (Lipinski definition) is 2. The third kappa shape index (κ3) is 2.36. The minimum absolute atomic E-state index is 0.146. The summed E-state index contributed by atoms with van der Waals surface area (Å²) in [5.41, 5.74) is 7.90. The molecule has 0 fully saturated rings. The van der Waals surface area contributed by atoms with Crippen molar-refractivity contribution >= 4 is 28.3 Å². The Morgan fingerprint density at radius 1 is 1.90 bits per heavy atom. The van der Waals surface area contributed by atoms with Gasteiger partial charge in [-0.3, -0.25) is 5.41 Å². The third-order valence-corrected chi connectivity index (χ3v) is 2.25. The summed E-state index contributed by atoms with van der Waals surface area (Å²) in [4.78, 5) is 4.03. The number of hydrogen-bond acceptors (Lipinski definition) is 4. The summed E-state index contributed by atoms with van der Waals surface area (Å²) in [6.07, 6.45) is 0. The zero-order chi connectivity index (χ0) is 7.40. The molecule has 10 heavy (non-hydrogen) atoms. The van der Waals surface area contributed by atoms with Crippen LogP contribution in [0.5, 0.6) is 0 Å². The second-order valence-corrected chi connectivity index (χ2v) is 3.37. The molecule has 0 atom stereocenters. The molecule has 0 saturated carbocycles. The van der Waals surface area contributed by atoms with Gasteiger partial charge < -0.3 is 5.73 Å². The number of thioether (sulfide) groups is 1. The molecule has 0 bridgehead atoms. The first kappa shape index (κ1) is 7.56. The van der Waals surface area contributed by atoms with E-state index in [9.17, 15) is 0 Å². The van der Waals surface area contributed by atoms with E-state index >= 15 is 0 Å². The van der Waals surface area contributed by atoms with Crippen molar-refractivity contribution in [3.8, 4) is 0 Å². The number of amidine groups is 1. The van der Waals surface area contributed by atoms with E-state index in [0.29, 0.717) is 5.75 Å². The lowest BCUT2D eigenvalue weighted by molar-refractivity contribution is 1.24. The van der Waals surface area contributed by atoms with E-state index in [-0.39, 0.29) is 5.17 Å². The molecular weight excluding hydrogens is 166 g/mol. The number of rotatable bonds is 2. The monoisotopic (exact) mass is 173 g/mol. The molecule has 1 heterocycles. The van der Waals surface area contributed by atoms with Crippen LogP contribution in [0, 0.1) is 5.41 Å². The Kier molecular flexibility index (Phi) is 2.70. The molecule has 5 heteroatoms. The van der Waals surface area contributed by atoms with Crippen LogP contribution in [-0.2, 0) is 5.75 Å². The van der Waals surface area contributed by atoms with Gasteiger partial charge in [0.25, 0.3) is 0 Å². The lowest BCUT2D eigenvalue weighted by Crippen LogP contribution is -2.03. The number of thiazole rings is 1. The fraction of sp³-hybridized carbons (Fsp3) is 0.200. The molecule has 1 aromatic rings. The quantitative estimate of drug-likeness (QED) is 0.523. The Morgan fingerprint density at radius 2 is 2.70 bits per heavy atom. The van der Waals surface area contributed by atoms with Gasteiger partial charge >= 0.3 is 0 Å². The molecular formula is C5H7N3S2. The molecule has 0 aliphatic rings. The second kappa shape index (κ2) is 3.58. The zero-order valence-electron chi connectivity index (χ0n) is 5.20. The van der Waals surface area contributed by atoms with Crippen LogP contribution in [0.25, 0.3) is 0 Å². The molecule has 0 aliphatic carbocycles. The normalized spacial score (nSPS) is 9.60. The van der Waals surface area contributed by atoms with Crippen LogP contribution >= 0.6 is 23.1 Å². The van der Waals surface area contributed by atoms with E-state index in [0.717, 1.165) is 5.69 Å². The van der Waals surface area contributed by atoms with Crippen LogP contribution in [0.15, 0.2) is 10.9 Å². The van der Waals surface area contributed by atoms with Crippen molar-refractivity contribution in [3.63, 3.8) is 0 Å². The molecule has 0 radical (unpaired) electrons. The van der Waals surface area contributed by atoms with Crippen LogP contribution in [-0.4, -0.2) is 10.2 Å². The van der Waals surface area contributed by atoms with E-state index < -0.39 is 0 Å². The van der Waals surface area contributed by atoms with Crippen molar-refractivity contribution < 1.29 is 0 Å². The first-order valence-corrected chi connectivity index (χ1v) is 4.56. The highest BCUT2D eigenvalue weighted by Gasteiger charge is 1.95. The van der Waals surface area contributed by atoms with Gasteiger partial charge in [-0.2, -0.15) is 0 Å². The van der Waals surface area contributed by atoms with Crippen LogP contribution in [0.4, 0.5) is 0 Å². The molecule has 1 rings (SSSR count). The summed E-state index contributed by atoms with van der Waals surface area (Å²) >= 11 is 2.85. The van der Waals surface area contributed by atoms with Gasteiger partial charge in [0.1, 0.15) is 0 Å². The smallest absolute Gasteiger partial charge is 0.151 e. The number of aromatic nitrogens is 1. The summed E-state index contributed by atoms with van der Waals surface area (Å²) in [6, 6.07) is 0. The molecule has 54 valence electrons. The number of nitrogens with two attached hydrogens (primary N) is 1. The van der Waals surface area contributed by atoms with Crippen LogP contribution in [0.3, 0.4) is 0 Å². The van der Waals surface area contributed by atoms with Crippen molar-refractivity contribution in [2.75, 3.05) is 0 Å². The maximum atomic E-state index is 6.91. The predicted octanol–water partition coefficient (Wildman–Crippen LogP) is 1.27. The lowest BCUT2D eigenvalue weighted by atomic mass is 10.6. The van der Waals surface area contributed by atoms with E-state index in [1.807, 2.05) is 5.38 Å². The van der Waals surface area contributed by atoms with Crippen LogP contribution in [0.1, 0.15) is 5.69 Å². The van der Waals surface area contributed by atoms with Gasteiger partial charge in [-0.05, 0) is 0 Å². The summed E-state index contributed by atoms with van der Waals surface area (Å²) in [5.74, 6) is 0.707. The molecule has 0 aromatic carbocycles. The predicted molar refractivity (Wildman–Crippen MR) is 45.3 cm³/mol. The minimum atomic E-state index is 0.146. The Balaban J connectivity index is 2.35. The lowest BCUT2D eigenvalue weighted by Gasteiger charge is -1.92. The standard InChI is InChI=1S/C5H7N3S2/c6-5(7)10-2-4-1-9-3-8-4/h1,3H,2H2,(H3,6,7). The summed E-state index contributed by atoms with van der Waals surface area (Å²) in [5, 5.41) is 9.01. The summed E-state index contributed by atoms with van der Waals surface area (Å²) in [6.45, 7) is 0. The van der Waals surface area contributed by atoms with Gasteiger partial charge in [0.05, 0.1) is 11.2 Å². The first-order valence-electron chi connectivity index (χ1n) is 2.63. The third-order valence-electron chi connectivity index (χ3n) is 0.859. The van der Waals surface area contributed by atoms with Crippen LogP contribution in [0.2, 0.25) is 0 Å². The Labute approximate surface area is 67.2 Å². The zero-order valence-corrected chi connectivity index (χ0v) is 6.84. The maximum Gasteiger partial charge on any atom is 0.151 e. The van der Waals surface area contributed by atoms with Crippen molar-refractivity contribution in [2.24, 2.45) is 5.73 Å². The van der Waals surface area contributed by atoms with Gasteiger partial charge in [0.15, 0.2) is 5.17 Å². The number of nitrogens with one attached hydrogen (secondary N) is 1. The van der Waals surface area contributed by atoms with Gasteiger partial charge in [0.2, 0.25) is 0 Å². The van der Waals surface area contributed by atoms with Crippen molar-refractivity contribution in [2.45, 2.75) is 5.75 Å². The van der Waals surface area contributed by atoms with Crippen LogP contribution < -0.4 is 5.73 Å². The average molecular weight is 173 g/mol. The SMILES string of the molecule is N=C(N)SCc1cscn1. The highest BCUT2D eigenvalue weighted by Crippen LogP contribution is 2.10. The van der Waals surface area contributed by atoms with Gasteiger partial charge in [-0.1, -0.05) is 11.8 Å².